The molecule has 0 radical (unpaired) electrons. The summed E-state index contributed by atoms with van der Waals surface area (Å²) in [6.07, 6.45) is -4.32. The van der Waals surface area contributed by atoms with Gasteiger partial charge in [-0.05, 0) is 31.2 Å². The van der Waals surface area contributed by atoms with E-state index in [4.69, 9.17) is 17.3 Å². The Morgan fingerprint density at radius 2 is 1.80 bits per heavy atom. The summed E-state index contributed by atoms with van der Waals surface area (Å²) in [7, 11) is 1.67. The normalized spacial score (nSPS) is 15.4. The van der Waals surface area contributed by atoms with Crippen LogP contribution in [-0.4, -0.2) is 30.7 Å². The first-order chi connectivity index (χ1) is 9.24. The number of rotatable bonds is 6. The maximum Gasteiger partial charge on any atom is 0.390 e. The minimum atomic E-state index is -4.16. The molecule has 0 saturated heterocycles. The van der Waals surface area contributed by atoms with Crippen molar-refractivity contribution in [2.24, 2.45) is 5.73 Å². The van der Waals surface area contributed by atoms with Crippen LogP contribution in [0.4, 0.5) is 13.2 Å². The van der Waals surface area contributed by atoms with Gasteiger partial charge in [0.05, 0.1) is 6.42 Å². The molecule has 114 valence electrons. The Kier molecular flexibility index (Phi) is 6.30. The highest BCUT2D eigenvalue weighted by Crippen LogP contribution is 2.27. The average molecular weight is 309 g/mol. The molecule has 2 N–H and O–H groups in total. The van der Waals surface area contributed by atoms with Crippen LogP contribution in [0.3, 0.4) is 0 Å². The van der Waals surface area contributed by atoms with Crippen molar-refractivity contribution in [2.45, 2.75) is 38.0 Å². The zero-order valence-corrected chi connectivity index (χ0v) is 12.4. The second-order valence-corrected chi connectivity index (χ2v) is 5.35. The molecule has 0 aliphatic heterocycles. The number of alkyl halides is 3. The lowest BCUT2D eigenvalue weighted by Gasteiger charge is -2.33. The van der Waals surface area contributed by atoms with Crippen molar-refractivity contribution in [2.75, 3.05) is 13.6 Å². The van der Waals surface area contributed by atoms with Crippen molar-refractivity contribution in [3.63, 3.8) is 0 Å². The van der Waals surface area contributed by atoms with Gasteiger partial charge in [-0.1, -0.05) is 30.7 Å². The molecule has 2 atom stereocenters. The molecule has 1 aromatic rings. The summed E-state index contributed by atoms with van der Waals surface area (Å²) in [5.74, 6) is 0. The van der Waals surface area contributed by atoms with Gasteiger partial charge >= 0.3 is 6.18 Å². The molecule has 0 heterocycles. The molecular formula is C14H20ClF3N2. The number of hydrogen-bond donors (Lipinski definition) is 1. The minimum Gasteiger partial charge on any atom is -0.326 e. The molecule has 0 aliphatic carbocycles. The van der Waals surface area contributed by atoms with Gasteiger partial charge in [-0.15, -0.1) is 0 Å². The average Bonchev–Trinajstić information content (AvgIpc) is 2.38. The van der Waals surface area contributed by atoms with E-state index >= 15 is 0 Å². The van der Waals surface area contributed by atoms with Crippen molar-refractivity contribution in [3.8, 4) is 0 Å². The first kappa shape index (κ1) is 17.3. The molecular weight excluding hydrogens is 289 g/mol. The Hall–Kier alpha value is -0.780. The van der Waals surface area contributed by atoms with E-state index in [0.717, 1.165) is 5.56 Å². The fourth-order valence-corrected chi connectivity index (χ4v) is 2.28. The number of benzene rings is 1. The lowest BCUT2D eigenvalue weighted by Crippen LogP contribution is -2.40. The van der Waals surface area contributed by atoms with Crippen LogP contribution in [0, 0.1) is 0 Å². The summed E-state index contributed by atoms with van der Waals surface area (Å²) >= 11 is 5.84. The van der Waals surface area contributed by atoms with E-state index < -0.39 is 12.6 Å². The van der Waals surface area contributed by atoms with Crippen molar-refractivity contribution in [1.29, 1.82) is 0 Å². The Morgan fingerprint density at radius 1 is 1.25 bits per heavy atom. The molecule has 2 unspecified atom stereocenters. The fraction of sp³-hybridized carbons (Fsp3) is 0.571. The van der Waals surface area contributed by atoms with E-state index in [-0.39, 0.29) is 18.6 Å². The van der Waals surface area contributed by atoms with Gasteiger partial charge < -0.3 is 5.73 Å². The Bertz CT molecular complexity index is 406. The predicted molar refractivity (Wildman–Crippen MR) is 75.8 cm³/mol. The third-order valence-electron chi connectivity index (χ3n) is 3.31. The van der Waals surface area contributed by atoms with Crippen molar-refractivity contribution in [3.05, 3.63) is 34.9 Å². The Morgan fingerprint density at radius 3 is 2.25 bits per heavy atom. The van der Waals surface area contributed by atoms with Gasteiger partial charge in [-0.2, -0.15) is 13.2 Å². The van der Waals surface area contributed by atoms with Crippen molar-refractivity contribution in [1.82, 2.24) is 4.90 Å². The standard InChI is InChI=1S/C14H20ClF3N2/c1-3-12(19)13(10-4-6-11(15)7-5-10)20(2)9-8-14(16,17)18/h4-7,12-13H,3,8-9,19H2,1-2H3. The molecule has 0 amide bonds. The second kappa shape index (κ2) is 7.29. The quantitative estimate of drug-likeness (QED) is 0.860. The summed E-state index contributed by atoms with van der Waals surface area (Å²) < 4.78 is 37.0. The van der Waals surface area contributed by atoms with Crippen molar-refractivity contribution >= 4 is 11.6 Å². The third kappa shape index (κ3) is 5.31. The zero-order chi connectivity index (χ0) is 15.3. The van der Waals surface area contributed by atoms with Crippen LogP contribution in [0.5, 0.6) is 0 Å². The predicted octanol–water partition coefficient (Wildman–Crippen LogP) is 4.00. The molecule has 1 aromatic carbocycles. The van der Waals surface area contributed by atoms with Gasteiger partial charge in [0, 0.05) is 23.7 Å². The zero-order valence-electron chi connectivity index (χ0n) is 11.6. The molecule has 0 spiro atoms. The largest absolute Gasteiger partial charge is 0.390 e. The lowest BCUT2D eigenvalue weighted by atomic mass is 9.96. The van der Waals surface area contributed by atoms with Crippen LogP contribution >= 0.6 is 11.6 Å². The number of halogens is 4. The number of hydrogen-bond acceptors (Lipinski definition) is 2. The number of likely N-dealkylation sites (N-methyl/N-ethyl adjacent to an activating group) is 1. The van der Waals surface area contributed by atoms with Gasteiger partial charge in [-0.25, -0.2) is 0 Å². The maximum atomic E-state index is 12.3. The number of nitrogens with two attached hydrogens (primary N) is 1. The first-order valence-electron chi connectivity index (χ1n) is 6.52. The maximum absolute atomic E-state index is 12.3. The van der Waals surface area contributed by atoms with Crippen molar-refractivity contribution < 1.29 is 13.2 Å². The van der Waals surface area contributed by atoms with E-state index in [9.17, 15) is 13.2 Å². The molecule has 20 heavy (non-hydrogen) atoms. The lowest BCUT2D eigenvalue weighted by molar-refractivity contribution is -0.138. The smallest absolute Gasteiger partial charge is 0.326 e. The van der Waals surface area contributed by atoms with Crippen LogP contribution in [-0.2, 0) is 0 Å². The van der Waals surface area contributed by atoms with E-state index in [2.05, 4.69) is 0 Å². The molecule has 1 rings (SSSR count). The van der Waals surface area contributed by atoms with E-state index in [1.165, 1.54) is 0 Å². The van der Waals surface area contributed by atoms with E-state index in [1.807, 2.05) is 19.1 Å². The van der Waals surface area contributed by atoms with E-state index in [0.29, 0.717) is 11.4 Å². The molecule has 0 aromatic heterocycles. The molecule has 0 fully saturated rings. The molecule has 0 saturated carbocycles. The van der Waals surface area contributed by atoms with Gasteiger partial charge in [0.25, 0.3) is 0 Å². The highest BCUT2D eigenvalue weighted by Gasteiger charge is 2.30. The molecule has 0 aliphatic rings. The third-order valence-corrected chi connectivity index (χ3v) is 3.56. The first-order valence-corrected chi connectivity index (χ1v) is 6.90. The van der Waals surface area contributed by atoms with Gasteiger partial charge in [0.2, 0.25) is 0 Å². The number of nitrogens with zero attached hydrogens (tertiary/aromatic N) is 1. The van der Waals surface area contributed by atoms with Crippen LogP contribution in [0.15, 0.2) is 24.3 Å². The molecule has 2 nitrogen and oxygen atoms in total. The van der Waals surface area contributed by atoms with Gasteiger partial charge in [-0.3, -0.25) is 4.90 Å². The molecule has 0 bridgehead atoms. The van der Waals surface area contributed by atoms with Crippen LogP contribution < -0.4 is 5.73 Å². The highest BCUT2D eigenvalue weighted by atomic mass is 35.5. The van der Waals surface area contributed by atoms with Gasteiger partial charge in [0.1, 0.15) is 0 Å². The van der Waals surface area contributed by atoms with Crippen LogP contribution in [0.25, 0.3) is 0 Å². The SMILES string of the molecule is CCC(N)C(c1ccc(Cl)cc1)N(C)CCC(F)(F)F. The minimum absolute atomic E-state index is 0.0789. The Balaban J connectivity index is 2.86. The molecule has 6 heteroatoms. The second-order valence-electron chi connectivity index (χ2n) is 4.91. The monoisotopic (exact) mass is 308 g/mol. The topological polar surface area (TPSA) is 29.3 Å². The summed E-state index contributed by atoms with van der Waals surface area (Å²) in [6, 6.07) is 6.60. The summed E-state index contributed by atoms with van der Waals surface area (Å²) in [4.78, 5) is 1.66. The summed E-state index contributed by atoms with van der Waals surface area (Å²) in [5, 5.41) is 0.593. The Labute approximate surface area is 122 Å². The summed E-state index contributed by atoms with van der Waals surface area (Å²) in [5.41, 5.74) is 6.95. The highest BCUT2D eigenvalue weighted by molar-refractivity contribution is 6.30. The summed E-state index contributed by atoms with van der Waals surface area (Å²) in [6.45, 7) is 1.84. The van der Waals surface area contributed by atoms with Gasteiger partial charge in [0.15, 0.2) is 0 Å². The van der Waals surface area contributed by atoms with Crippen LogP contribution in [0.1, 0.15) is 31.4 Å². The van der Waals surface area contributed by atoms with Crippen LogP contribution in [0.2, 0.25) is 5.02 Å². The van der Waals surface area contributed by atoms with E-state index in [1.54, 1.807) is 24.1 Å². The fourth-order valence-electron chi connectivity index (χ4n) is 2.15.